The van der Waals surface area contributed by atoms with Crippen molar-refractivity contribution < 1.29 is 0 Å². The molecule has 3 rings (SSSR count). The van der Waals surface area contributed by atoms with Gasteiger partial charge in [-0.05, 0) is 32.0 Å². The zero-order valence-corrected chi connectivity index (χ0v) is 9.90. The number of aromatic amines is 1. The molecule has 1 aliphatic rings. The van der Waals surface area contributed by atoms with Gasteiger partial charge in [-0.3, -0.25) is 4.98 Å². The number of nitrogens with one attached hydrogen (secondary N) is 2. The summed E-state index contributed by atoms with van der Waals surface area (Å²) in [6.45, 7) is 0.851. The Morgan fingerprint density at radius 1 is 1.35 bits per heavy atom. The van der Waals surface area contributed by atoms with Crippen molar-refractivity contribution in [1.29, 1.82) is 0 Å². The van der Waals surface area contributed by atoms with Crippen LogP contribution < -0.4 is 5.32 Å². The largest absolute Gasteiger partial charge is 0.341 e. The van der Waals surface area contributed by atoms with E-state index in [1.54, 1.807) is 12.4 Å². The van der Waals surface area contributed by atoms with Crippen molar-refractivity contribution in [3.8, 4) is 11.4 Å². The molecule has 4 nitrogen and oxygen atoms in total. The summed E-state index contributed by atoms with van der Waals surface area (Å²) in [5.41, 5.74) is 3.57. The van der Waals surface area contributed by atoms with E-state index in [1.807, 2.05) is 19.2 Å². The van der Waals surface area contributed by atoms with E-state index >= 15 is 0 Å². The third kappa shape index (κ3) is 2.08. The van der Waals surface area contributed by atoms with Crippen LogP contribution in [-0.2, 0) is 6.54 Å². The average molecular weight is 228 g/mol. The number of aromatic nitrogens is 3. The summed E-state index contributed by atoms with van der Waals surface area (Å²) in [4.78, 5) is 12.2. The molecule has 0 unspecified atom stereocenters. The number of rotatable bonds is 4. The Morgan fingerprint density at radius 2 is 2.12 bits per heavy atom. The fourth-order valence-electron chi connectivity index (χ4n) is 2.08. The molecule has 2 N–H and O–H groups in total. The highest BCUT2D eigenvalue weighted by atomic mass is 15.0. The number of hydrogen-bond acceptors (Lipinski definition) is 3. The van der Waals surface area contributed by atoms with Crippen LogP contribution in [0.15, 0.2) is 24.5 Å². The van der Waals surface area contributed by atoms with Crippen LogP contribution in [0.4, 0.5) is 0 Å². The maximum atomic E-state index is 4.74. The summed E-state index contributed by atoms with van der Waals surface area (Å²) in [5, 5.41) is 3.19. The molecule has 0 bridgehead atoms. The number of H-pyrrole nitrogens is 1. The zero-order valence-electron chi connectivity index (χ0n) is 9.90. The molecule has 2 heterocycles. The van der Waals surface area contributed by atoms with Gasteiger partial charge in [-0.15, -0.1) is 0 Å². The second-order valence-electron chi connectivity index (χ2n) is 4.49. The van der Waals surface area contributed by atoms with Crippen molar-refractivity contribution in [2.24, 2.45) is 0 Å². The van der Waals surface area contributed by atoms with Gasteiger partial charge >= 0.3 is 0 Å². The summed E-state index contributed by atoms with van der Waals surface area (Å²) in [7, 11) is 1.96. The molecule has 2 aromatic rings. The fraction of sp³-hybridized carbons (Fsp3) is 0.385. The van der Waals surface area contributed by atoms with E-state index in [2.05, 4.69) is 15.3 Å². The normalized spacial score (nSPS) is 15.1. The lowest BCUT2D eigenvalue weighted by Crippen LogP contribution is -2.07. The Morgan fingerprint density at radius 3 is 2.76 bits per heavy atom. The second kappa shape index (κ2) is 4.30. The summed E-state index contributed by atoms with van der Waals surface area (Å²) in [6, 6.07) is 3.97. The molecule has 0 atom stereocenters. The van der Waals surface area contributed by atoms with Crippen molar-refractivity contribution >= 4 is 0 Å². The molecule has 0 aromatic carbocycles. The molecule has 1 aliphatic carbocycles. The fourth-order valence-corrected chi connectivity index (χ4v) is 2.08. The van der Waals surface area contributed by atoms with E-state index in [0.717, 1.165) is 17.9 Å². The monoisotopic (exact) mass is 228 g/mol. The van der Waals surface area contributed by atoms with Gasteiger partial charge in [0.05, 0.1) is 11.4 Å². The molecule has 1 fully saturated rings. The lowest BCUT2D eigenvalue weighted by Gasteiger charge is -1.98. The van der Waals surface area contributed by atoms with Crippen molar-refractivity contribution in [1.82, 2.24) is 20.3 Å². The highest BCUT2D eigenvalue weighted by molar-refractivity contribution is 5.55. The molecular weight excluding hydrogens is 212 g/mol. The first kappa shape index (κ1) is 10.5. The van der Waals surface area contributed by atoms with Gasteiger partial charge in [0.2, 0.25) is 0 Å². The van der Waals surface area contributed by atoms with Gasteiger partial charge in [-0.25, -0.2) is 4.98 Å². The van der Waals surface area contributed by atoms with E-state index < -0.39 is 0 Å². The molecule has 2 aromatic heterocycles. The maximum Gasteiger partial charge on any atom is 0.137 e. The van der Waals surface area contributed by atoms with Crippen LogP contribution in [0.3, 0.4) is 0 Å². The topological polar surface area (TPSA) is 53.6 Å². The summed E-state index contributed by atoms with van der Waals surface area (Å²) >= 11 is 0. The minimum atomic E-state index is 0.671. The molecule has 4 heteroatoms. The summed E-state index contributed by atoms with van der Waals surface area (Å²) < 4.78 is 0. The van der Waals surface area contributed by atoms with Gasteiger partial charge in [0.25, 0.3) is 0 Å². The van der Waals surface area contributed by atoms with Crippen LogP contribution in [0.1, 0.15) is 30.1 Å². The first-order valence-electron chi connectivity index (χ1n) is 6.02. The van der Waals surface area contributed by atoms with Crippen molar-refractivity contribution in [2.75, 3.05) is 7.05 Å². The van der Waals surface area contributed by atoms with Crippen molar-refractivity contribution in [2.45, 2.75) is 25.3 Å². The summed E-state index contributed by atoms with van der Waals surface area (Å²) in [6.07, 6.45) is 6.15. The van der Waals surface area contributed by atoms with E-state index in [1.165, 1.54) is 24.2 Å². The Hall–Kier alpha value is -1.68. The highest BCUT2D eigenvalue weighted by Crippen LogP contribution is 2.41. The van der Waals surface area contributed by atoms with Crippen molar-refractivity contribution in [3.63, 3.8) is 0 Å². The third-order valence-corrected chi connectivity index (χ3v) is 3.08. The Balaban J connectivity index is 1.98. The predicted octanol–water partition coefficient (Wildman–Crippen LogP) is 2.07. The second-order valence-corrected chi connectivity index (χ2v) is 4.49. The number of hydrogen-bond donors (Lipinski definition) is 2. The molecule has 0 spiro atoms. The lowest BCUT2D eigenvalue weighted by atomic mass is 10.2. The third-order valence-electron chi connectivity index (χ3n) is 3.08. The van der Waals surface area contributed by atoms with Crippen LogP contribution in [0, 0.1) is 0 Å². The predicted molar refractivity (Wildman–Crippen MR) is 66.6 cm³/mol. The Bertz CT molecular complexity index is 499. The van der Waals surface area contributed by atoms with Gasteiger partial charge in [0.1, 0.15) is 5.82 Å². The highest BCUT2D eigenvalue weighted by Gasteiger charge is 2.29. The van der Waals surface area contributed by atoms with Crippen molar-refractivity contribution in [3.05, 3.63) is 35.9 Å². The minimum absolute atomic E-state index is 0.671. The van der Waals surface area contributed by atoms with Gasteiger partial charge in [0.15, 0.2) is 0 Å². The molecular formula is C13H16N4. The Kier molecular flexibility index (Phi) is 2.65. The minimum Gasteiger partial charge on any atom is -0.341 e. The van der Waals surface area contributed by atoms with Gasteiger partial charge in [0, 0.05) is 30.4 Å². The lowest BCUT2D eigenvalue weighted by molar-refractivity contribution is 0.782. The molecule has 0 radical (unpaired) electrons. The molecule has 1 saturated carbocycles. The number of pyridine rings is 1. The molecule has 17 heavy (non-hydrogen) atoms. The van der Waals surface area contributed by atoms with Gasteiger partial charge in [-0.2, -0.15) is 0 Å². The molecule has 0 saturated heterocycles. The molecule has 0 amide bonds. The zero-order chi connectivity index (χ0) is 11.7. The van der Waals surface area contributed by atoms with E-state index in [4.69, 9.17) is 4.98 Å². The van der Waals surface area contributed by atoms with E-state index in [0.29, 0.717) is 5.92 Å². The first-order chi connectivity index (χ1) is 8.38. The SMILES string of the molecule is CNCc1[nH]c(-c2ccncc2)nc1C1CC1. The van der Waals surface area contributed by atoms with Crippen LogP contribution in [0.5, 0.6) is 0 Å². The summed E-state index contributed by atoms with van der Waals surface area (Å²) in [5.74, 6) is 1.63. The first-order valence-corrected chi connectivity index (χ1v) is 6.02. The van der Waals surface area contributed by atoms with E-state index in [-0.39, 0.29) is 0 Å². The van der Waals surface area contributed by atoms with Crippen LogP contribution in [0.2, 0.25) is 0 Å². The van der Waals surface area contributed by atoms with Crippen LogP contribution >= 0.6 is 0 Å². The van der Waals surface area contributed by atoms with Gasteiger partial charge < -0.3 is 10.3 Å². The number of nitrogens with zero attached hydrogens (tertiary/aromatic N) is 2. The van der Waals surface area contributed by atoms with Crippen LogP contribution in [0.25, 0.3) is 11.4 Å². The molecule has 0 aliphatic heterocycles. The quantitative estimate of drug-likeness (QED) is 0.842. The van der Waals surface area contributed by atoms with E-state index in [9.17, 15) is 0 Å². The van der Waals surface area contributed by atoms with Crippen LogP contribution in [-0.4, -0.2) is 22.0 Å². The van der Waals surface area contributed by atoms with Gasteiger partial charge in [-0.1, -0.05) is 0 Å². The average Bonchev–Trinajstić information content (AvgIpc) is 3.13. The Labute approximate surface area is 101 Å². The number of imidazole rings is 1. The standard InChI is InChI=1S/C13H16N4/c1-14-8-11-12(9-2-3-9)17-13(16-11)10-4-6-15-7-5-10/h4-7,9,14H,2-3,8H2,1H3,(H,16,17). The molecule has 88 valence electrons. The smallest absolute Gasteiger partial charge is 0.137 e. The maximum absolute atomic E-state index is 4.74.